The van der Waals surface area contributed by atoms with Crippen LogP contribution in [-0.4, -0.2) is 80.8 Å². The number of hydrogen-bond donors (Lipinski definition) is 9. The molecule has 0 aliphatic rings. The number of carbonyl (C=O) groups excluding carboxylic acids is 4. The van der Waals surface area contributed by atoms with Crippen molar-refractivity contribution in [1.82, 2.24) is 20.9 Å². The molecule has 1 heterocycles. The van der Waals surface area contributed by atoms with Crippen LogP contribution in [0.15, 0.2) is 30.5 Å². The molecule has 0 fully saturated rings. The Morgan fingerprint density at radius 1 is 1.03 bits per heavy atom. The minimum absolute atomic E-state index is 0.125. The highest BCUT2D eigenvalue weighted by Crippen LogP contribution is 2.18. The van der Waals surface area contributed by atoms with E-state index in [1.165, 1.54) is 6.92 Å². The normalized spacial score (nSPS) is 15.2. The molecule has 0 aliphatic carbocycles. The summed E-state index contributed by atoms with van der Waals surface area (Å²) in [6, 6.07) is 1.85. The third kappa shape index (κ3) is 7.69. The largest absolute Gasteiger partial charge is 0.480 e. The van der Waals surface area contributed by atoms with Crippen molar-refractivity contribution in [3.63, 3.8) is 0 Å². The lowest BCUT2D eigenvalue weighted by Crippen LogP contribution is -2.60. The number of aliphatic hydroxyl groups excluding tert-OH is 1. The van der Waals surface area contributed by atoms with Gasteiger partial charge in [0, 0.05) is 22.9 Å². The van der Waals surface area contributed by atoms with E-state index in [1.807, 2.05) is 24.3 Å². The van der Waals surface area contributed by atoms with E-state index in [1.54, 1.807) is 6.20 Å². The number of H-pyrrole nitrogens is 1. The summed E-state index contributed by atoms with van der Waals surface area (Å²) in [7, 11) is 0. The Morgan fingerprint density at radius 3 is 2.25 bits per heavy atom. The van der Waals surface area contributed by atoms with E-state index in [-0.39, 0.29) is 12.2 Å². The Hall–Kier alpha value is -3.62. The maximum Gasteiger partial charge on any atom is 0.327 e. The second kappa shape index (κ2) is 12.9. The standard InChI is InChI=1S/C22H30N6O7S/c1-10(29)18(21(33)27-16(9-36)22(34)35)28-20(32)15(7-17(24)30)26-19(31)13(23)6-11-8-25-14-5-3-2-4-12(11)14/h2-5,8,10,13,15-16,18,25,29,36H,6-7,9,23H2,1H3,(H2,24,30)(H,26,31)(H,27,33)(H,28,32)(H,34,35). The monoisotopic (exact) mass is 522 g/mol. The summed E-state index contributed by atoms with van der Waals surface area (Å²) in [5, 5.41) is 26.6. The van der Waals surface area contributed by atoms with E-state index in [0.717, 1.165) is 16.5 Å². The molecule has 196 valence electrons. The molecule has 14 heteroatoms. The van der Waals surface area contributed by atoms with Crippen molar-refractivity contribution in [2.24, 2.45) is 11.5 Å². The maximum absolute atomic E-state index is 12.8. The van der Waals surface area contributed by atoms with Gasteiger partial charge in [-0.2, -0.15) is 12.6 Å². The molecule has 0 saturated carbocycles. The predicted octanol–water partition coefficient (Wildman–Crippen LogP) is -2.24. The number of aliphatic hydroxyl groups is 1. The first-order chi connectivity index (χ1) is 16.9. The highest BCUT2D eigenvalue weighted by Gasteiger charge is 2.33. The van der Waals surface area contributed by atoms with Crippen LogP contribution in [-0.2, 0) is 30.4 Å². The average Bonchev–Trinajstić information content (AvgIpc) is 3.22. The number of hydrogen-bond acceptors (Lipinski definition) is 8. The zero-order chi connectivity index (χ0) is 27.0. The van der Waals surface area contributed by atoms with Crippen LogP contribution in [0.25, 0.3) is 10.9 Å². The number of nitrogens with two attached hydrogens (primary N) is 2. The van der Waals surface area contributed by atoms with E-state index in [0.29, 0.717) is 0 Å². The second-order valence-electron chi connectivity index (χ2n) is 8.21. The minimum atomic E-state index is -1.59. The third-order valence-electron chi connectivity index (χ3n) is 5.35. The Balaban J connectivity index is 2.11. The maximum atomic E-state index is 12.8. The molecule has 10 N–H and O–H groups in total. The molecule has 36 heavy (non-hydrogen) atoms. The second-order valence-corrected chi connectivity index (χ2v) is 8.58. The van der Waals surface area contributed by atoms with E-state index < -0.39 is 66.3 Å². The van der Waals surface area contributed by atoms with Gasteiger partial charge in [0.2, 0.25) is 23.6 Å². The van der Waals surface area contributed by atoms with E-state index in [2.05, 4.69) is 33.6 Å². The molecule has 0 radical (unpaired) electrons. The van der Waals surface area contributed by atoms with Crippen LogP contribution < -0.4 is 27.4 Å². The van der Waals surface area contributed by atoms with Crippen molar-refractivity contribution in [1.29, 1.82) is 0 Å². The zero-order valence-corrected chi connectivity index (χ0v) is 20.3. The summed E-state index contributed by atoms with van der Waals surface area (Å²) in [6.07, 6.45) is -0.219. The number of aliphatic carboxylic acids is 1. The van der Waals surface area contributed by atoms with Gasteiger partial charge in [0.15, 0.2) is 0 Å². The van der Waals surface area contributed by atoms with Gasteiger partial charge in [0.1, 0.15) is 18.1 Å². The smallest absolute Gasteiger partial charge is 0.327 e. The van der Waals surface area contributed by atoms with Crippen molar-refractivity contribution >= 4 is 53.1 Å². The fourth-order valence-electron chi connectivity index (χ4n) is 3.43. The summed E-state index contributed by atoms with van der Waals surface area (Å²) < 4.78 is 0. The van der Waals surface area contributed by atoms with Gasteiger partial charge in [0.25, 0.3) is 0 Å². The molecule has 0 bridgehead atoms. The molecule has 5 unspecified atom stereocenters. The number of thiol groups is 1. The topological polar surface area (TPSA) is 230 Å². The molecule has 5 atom stereocenters. The van der Waals surface area contributed by atoms with Crippen molar-refractivity contribution in [2.45, 2.75) is 50.0 Å². The highest BCUT2D eigenvalue weighted by atomic mass is 32.1. The first kappa shape index (κ1) is 28.6. The Morgan fingerprint density at radius 2 is 1.67 bits per heavy atom. The molecule has 2 rings (SSSR count). The van der Waals surface area contributed by atoms with Crippen LogP contribution in [0, 0.1) is 0 Å². The van der Waals surface area contributed by atoms with Crippen molar-refractivity contribution < 1.29 is 34.2 Å². The van der Waals surface area contributed by atoms with Crippen LogP contribution in [0.2, 0.25) is 0 Å². The van der Waals surface area contributed by atoms with Crippen LogP contribution in [0.1, 0.15) is 18.9 Å². The number of aromatic amines is 1. The van der Waals surface area contributed by atoms with Gasteiger partial charge in [-0.3, -0.25) is 19.2 Å². The Kier molecular flexibility index (Phi) is 10.3. The molecular formula is C22H30N6O7S. The minimum Gasteiger partial charge on any atom is -0.480 e. The number of benzene rings is 1. The fourth-order valence-corrected chi connectivity index (χ4v) is 3.67. The number of para-hydroxylation sites is 1. The Labute approximate surface area is 211 Å². The van der Waals surface area contributed by atoms with E-state index in [9.17, 15) is 29.1 Å². The van der Waals surface area contributed by atoms with E-state index in [4.69, 9.17) is 16.6 Å². The van der Waals surface area contributed by atoms with Gasteiger partial charge in [0.05, 0.1) is 18.6 Å². The third-order valence-corrected chi connectivity index (χ3v) is 5.71. The number of rotatable bonds is 13. The van der Waals surface area contributed by atoms with Crippen LogP contribution in [0.3, 0.4) is 0 Å². The van der Waals surface area contributed by atoms with Crippen molar-refractivity contribution in [2.75, 3.05) is 5.75 Å². The highest BCUT2D eigenvalue weighted by molar-refractivity contribution is 7.80. The number of carboxylic acid groups (broad SMARTS) is 1. The summed E-state index contributed by atoms with van der Waals surface area (Å²) >= 11 is 3.84. The predicted molar refractivity (Wildman–Crippen MR) is 133 cm³/mol. The SMILES string of the molecule is CC(O)C(NC(=O)C(CC(N)=O)NC(=O)C(N)Cc1c[nH]c2ccccc12)C(=O)NC(CS)C(=O)O. The van der Waals surface area contributed by atoms with Crippen LogP contribution in [0.4, 0.5) is 0 Å². The number of amides is 4. The number of carbonyl (C=O) groups is 5. The molecule has 0 saturated heterocycles. The molecule has 1 aromatic carbocycles. The lowest BCUT2D eigenvalue weighted by molar-refractivity contribution is -0.142. The van der Waals surface area contributed by atoms with Gasteiger partial charge in [-0.1, -0.05) is 18.2 Å². The first-order valence-electron chi connectivity index (χ1n) is 11.0. The van der Waals surface area contributed by atoms with Gasteiger partial charge in [-0.25, -0.2) is 4.79 Å². The lowest BCUT2D eigenvalue weighted by atomic mass is 10.0. The zero-order valence-electron chi connectivity index (χ0n) is 19.4. The molecule has 0 spiro atoms. The molecular weight excluding hydrogens is 492 g/mol. The van der Waals surface area contributed by atoms with Gasteiger partial charge >= 0.3 is 5.97 Å². The summed E-state index contributed by atoms with van der Waals surface area (Å²) in [4.78, 5) is 63.8. The lowest BCUT2D eigenvalue weighted by Gasteiger charge is -2.26. The van der Waals surface area contributed by atoms with Crippen LogP contribution in [0.5, 0.6) is 0 Å². The van der Waals surface area contributed by atoms with E-state index >= 15 is 0 Å². The molecule has 2 aromatic rings. The number of fused-ring (bicyclic) bond motifs is 1. The van der Waals surface area contributed by atoms with Crippen molar-refractivity contribution in [3.05, 3.63) is 36.0 Å². The summed E-state index contributed by atoms with van der Waals surface area (Å²) in [6.45, 7) is 1.19. The van der Waals surface area contributed by atoms with Gasteiger partial charge < -0.3 is 42.6 Å². The Bertz CT molecular complexity index is 1120. The number of nitrogens with one attached hydrogen (secondary N) is 4. The first-order valence-corrected chi connectivity index (χ1v) is 11.6. The summed E-state index contributed by atoms with van der Waals surface area (Å²) in [5.41, 5.74) is 12.9. The van der Waals surface area contributed by atoms with Gasteiger partial charge in [-0.15, -0.1) is 0 Å². The number of primary amides is 1. The quantitative estimate of drug-likeness (QED) is 0.130. The van der Waals surface area contributed by atoms with Gasteiger partial charge in [-0.05, 0) is 25.0 Å². The number of carboxylic acids is 1. The molecule has 4 amide bonds. The van der Waals surface area contributed by atoms with Crippen LogP contribution >= 0.6 is 12.6 Å². The fraction of sp³-hybridized carbons (Fsp3) is 0.409. The number of aromatic nitrogens is 1. The summed E-state index contributed by atoms with van der Waals surface area (Å²) in [5.74, 6) is -5.27. The van der Waals surface area contributed by atoms with Crippen molar-refractivity contribution in [3.8, 4) is 0 Å². The molecule has 1 aromatic heterocycles. The molecule has 0 aliphatic heterocycles. The molecule has 13 nitrogen and oxygen atoms in total. The average molecular weight is 523 g/mol.